The van der Waals surface area contributed by atoms with Gasteiger partial charge in [0.25, 0.3) is 0 Å². The van der Waals surface area contributed by atoms with Gasteiger partial charge in [0.15, 0.2) is 0 Å². The fourth-order valence-corrected chi connectivity index (χ4v) is 2.61. The zero-order chi connectivity index (χ0) is 11.7. The minimum atomic E-state index is 0.891. The van der Waals surface area contributed by atoms with Crippen molar-refractivity contribution >= 4 is 43.6 Å². The second kappa shape index (κ2) is 2.61. The van der Waals surface area contributed by atoms with Crippen LogP contribution in [0.25, 0.3) is 43.6 Å². The quantitative estimate of drug-likeness (QED) is 0.384. The molecule has 4 heteroatoms. The van der Waals surface area contributed by atoms with E-state index in [0.717, 1.165) is 32.8 Å². The Morgan fingerprint density at radius 2 is 1.00 bits per heavy atom. The highest BCUT2D eigenvalue weighted by Crippen LogP contribution is 2.35. The lowest BCUT2D eigenvalue weighted by atomic mass is 10.0. The summed E-state index contributed by atoms with van der Waals surface area (Å²) in [5.41, 5.74) is 3.69. The van der Waals surface area contributed by atoms with Crippen LogP contribution in [0, 0.1) is 0 Å². The molecule has 0 aliphatic carbocycles. The molecule has 0 bridgehead atoms. The van der Waals surface area contributed by atoms with E-state index in [4.69, 9.17) is 0 Å². The Balaban J connectivity index is 2.15. The molecule has 5 rings (SSSR count). The fraction of sp³-hybridized carbons (Fsp3) is 0. The van der Waals surface area contributed by atoms with Crippen LogP contribution in [0.4, 0.5) is 0 Å². The van der Waals surface area contributed by atoms with E-state index in [0.29, 0.717) is 0 Å². The molecule has 0 aliphatic rings. The highest BCUT2D eigenvalue weighted by molar-refractivity contribution is 6.24. The first-order valence-electron chi connectivity index (χ1n) is 5.78. The van der Waals surface area contributed by atoms with Crippen LogP contribution in [0.5, 0.6) is 0 Å². The Morgan fingerprint density at radius 1 is 0.556 bits per heavy atom. The van der Waals surface area contributed by atoms with E-state index in [1.165, 1.54) is 10.8 Å². The van der Waals surface area contributed by atoms with Crippen LogP contribution in [0.15, 0.2) is 36.4 Å². The number of nitrogens with zero attached hydrogens (tertiary/aromatic N) is 4. The molecule has 0 N–H and O–H groups in total. The summed E-state index contributed by atoms with van der Waals surface area (Å²) in [4.78, 5) is 0. The predicted molar refractivity (Wildman–Crippen MR) is 70.0 cm³/mol. The Hall–Kier alpha value is -2.62. The van der Waals surface area contributed by atoms with Crippen LogP contribution in [0.2, 0.25) is 0 Å². The standard InChI is InChI=1S/C14H6N4/c1-2-4-8-6-10-9(5-7(8)3-1)11-13(17-15-11)14-12(10)16-18-14/h1-6H. The average Bonchev–Trinajstić information content (AvgIpc) is 2.32. The highest BCUT2D eigenvalue weighted by atomic mass is 15.2. The Morgan fingerprint density at radius 3 is 1.39 bits per heavy atom. The van der Waals surface area contributed by atoms with Crippen molar-refractivity contribution in [2.75, 3.05) is 0 Å². The third-order valence-corrected chi connectivity index (χ3v) is 3.57. The van der Waals surface area contributed by atoms with Gasteiger partial charge in [-0.15, -0.1) is 20.4 Å². The molecule has 0 unspecified atom stereocenters. The largest absolute Gasteiger partial charge is 0.147 e. The first-order chi connectivity index (χ1) is 8.92. The molecular formula is C14H6N4. The maximum Gasteiger partial charge on any atom is 0.144 e. The number of aromatic nitrogens is 4. The Kier molecular flexibility index (Phi) is 1.23. The van der Waals surface area contributed by atoms with E-state index in [9.17, 15) is 0 Å². The van der Waals surface area contributed by atoms with E-state index >= 15 is 0 Å². The SMILES string of the molecule is c1ccc2cc3c(cc2c1)c1nnc1c1nnc31. The van der Waals surface area contributed by atoms with Gasteiger partial charge in [0.2, 0.25) is 0 Å². The smallest absolute Gasteiger partial charge is 0.144 e. The molecule has 0 saturated carbocycles. The molecule has 0 radical (unpaired) electrons. The lowest BCUT2D eigenvalue weighted by molar-refractivity contribution is 1.04. The van der Waals surface area contributed by atoms with E-state index in [2.05, 4.69) is 44.7 Å². The topological polar surface area (TPSA) is 51.6 Å². The van der Waals surface area contributed by atoms with Gasteiger partial charge in [0.05, 0.1) is 0 Å². The molecule has 2 heterocycles. The highest BCUT2D eigenvalue weighted by Gasteiger charge is 2.18. The first kappa shape index (κ1) is 8.47. The van der Waals surface area contributed by atoms with E-state index < -0.39 is 0 Å². The Bertz CT molecular complexity index is 938. The van der Waals surface area contributed by atoms with Crippen LogP contribution in [-0.2, 0) is 0 Å². The van der Waals surface area contributed by atoms with Gasteiger partial charge >= 0.3 is 0 Å². The molecule has 2 aromatic heterocycles. The maximum absolute atomic E-state index is 4.13. The summed E-state index contributed by atoms with van der Waals surface area (Å²) >= 11 is 0. The van der Waals surface area contributed by atoms with Crippen molar-refractivity contribution < 1.29 is 0 Å². The van der Waals surface area contributed by atoms with Crippen LogP contribution in [0.1, 0.15) is 0 Å². The van der Waals surface area contributed by atoms with Crippen LogP contribution in [-0.4, -0.2) is 20.4 Å². The molecule has 0 atom stereocenters. The molecule has 3 aromatic carbocycles. The molecule has 0 aliphatic heterocycles. The van der Waals surface area contributed by atoms with Crippen LogP contribution >= 0.6 is 0 Å². The average molecular weight is 230 g/mol. The minimum Gasteiger partial charge on any atom is -0.147 e. The summed E-state index contributed by atoms with van der Waals surface area (Å²) in [6.45, 7) is 0. The van der Waals surface area contributed by atoms with Crippen molar-refractivity contribution in [1.29, 1.82) is 0 Å². The number of hydrogen-bond acceptors (Lipinski definition) is 4. The van der Waals surface area contributed by atoms with E-state index in [-0.39, 0.29) is 0 Å². The summed E-state index contributed by atoms with van der Waals surface area (Å²) in [7, 11) is 0. The number of rotatable bonds is 0. The predicted octanol–water partition coefficient (Wildman–Crippen LogP) is 2.76. The van der Waals surface area contributed by atoms with Gasteiger partial charge in [-0.3, -0.25) is 0 Å². The van der Waals surface area contributed by atoms with Crippen molar-refractivity contribution in [3.05, 3.63) is 36.4 Å². The molecule has 82 valence electrons. The van der Waals surface area contributed by atoms with E-state index in [1.807, 2.05) is 12.1 Å². The summed E-state index contributed by atoms with van der Waals surface area (Å²) < 4.78 is 0. The third kappa shape index (κ3) is 0.808. The molecule has 0 fully saturated rings. The van der Waals surface area contributed by atoms with E-state index in [1.54, 1.807) is 0 Å². The summed E-state index contributed by atoms with van der Waals surface area (Å²) in [6.07, 6.45) is 0. The molecular weight excluding hydrogens is 224 g/mol. The van der Waals surface area contributed by atoms with Crippen molar-refractivity contribution in [2.45, 2.75) is 0 Å². The lowest BCUT2D eigenvalue weighted by Gasteiger charge is -2.10. The van der Waals surface area contributed by atoms with Crippen LogP contribution < -0.4 is 0 Å². The normalized spacial score (nSPS) is 12.4. The van der Waals surface area contributed by atoms with Gasteiger partial charge in [-0.2, -0.15) is 0 Å². The molecule has 0 spiro atoms. The lowest BCUT2D eigenvalue weighted by Crippen LogP contribution is -2.01. The fourth-order valence-electron chi connectivity index (χ4n) is 2.61. The first-order valence-corrected chi connectivity index (χ1v) is 5.78. The number of hydrogen-bond donors (Lipinski definition) is 0. The van der Waals surface area contributed by atoms with Crippen molar-refractivity contribution in [1.82, 2.24) is 20.4 Å². The summed E-state index contributed by atoms with van der Waals surface area (Å²) in [6, 6.07) is 12.6. The number of benzene rings is 3. The monoisotopic (exact) mass is 230 g/mol. The van der Waals surface area contributed by atoms with Gasteiger partial charge in [0, 0.05) is 10.8 Å². The second-order valence-electron chi connectivity index (χ2n) is 4.54. The molecule has 18 heavy (non-hydrogen) atoms. The van der Waals surface area contributed by atoms with Gasteiger partial charge < -0.3 is 0 Å². The summed E-state index contributed by atoms with van der Waals surface area (Å²) in [5, 5.41) is 21.0. The molecule has 4 nitrogen and oxygen atoms in total. The van der Waals surface area contributed by atoms with Gasteiger partial charge in [0.1, 0.15) is 22.1 Å². The van der Waals surface area contributed by atoms with Gasteiger partial charge in [-0.1, -0.05) is 24.3 Å². The molecule has 0 amide bonds. The Labute approximate surface area is 101 Å². The summed E-state index contributed by atoms with van der Waals surface area (Å²) in [5.74, 6) is 0. The third-order valence-electron chi connectivity index (χ3n) is 3.57. The number of fused-ring (bicyclic) bond motifs is 7. The second-order valence-corrected chi connectivity index (χ2v) is 4.54. The van der Waals surface area contributed by atoms with Crippen molar-refractivity contribution in [3.63, 3.8) is 0 Å². The zero-order valence-electron chi connectivity index (χ0n) is 9.25. The zero-order valence-corrected chi connectivity index (χ0v) is 9.25. The van der Waals surface area contributed by atoms with Crippen LogP contribution in [0.3, 0.4) is 0 Å². The van der Waals surface area contributed by atoms with Gasteiger partial charge in [-0.25, -0.2) is 0 Å². The van der Waals surface area contributed by atoms with Crippen molar-refractivity contribution in [2.24, 2.45) is 0 Å². The molecule has 5 aromatic rings. The van der Waals surface area contributed by atoms with Crippen molar-refractivity contribution in [3.8, 4) is 0 Å². The minimum absolute atomic E-state index is 0.891. The maximum atomic E-state index is 4.13. The van der Waals surface area contributed by atoms with Gasteiger partial charge in [-0.05, 0) is 22.9 Å². The molecule has 0 saturated heterocycles.